The lowest BCUT2D eigenvalue weighted by molar-refractivity contribution is -0.144. The Morgan fingerprint density at radius 1 is 1.00 bits per heavy atom. The molecule has 1 N–H and O–H groups in total. The summed E-state index contributed by atoms with van der Waals surface area (Å²) in [5, 5.41) is 9.09. The van der Waals surface area contributed by atoms with Gasteiger partial charge in [0, 0.05) is 12.2 Å². The minimum atomic E-state index is -1.02. The van der Waals surface area contributed by atoms with Gasteiger partial charge in [0.25, 0.3) is 0 Å². The molecule has 4 nitrogen and oxygen atoms in total. The molecule has 2 rings (SSSR count). The third kappa shape index (κ3) is 1.99. The molecule has 1 aliphatic rings. The van der Waals surface area contributed by atoms with Crippen molar-refractivity contribution in [2.24, 2.45) is 5.92 Å². The van der Waals surface area contributed by atoms with Crippen molar-refractivity contribution < 1.29 is 14.7 Å². The molecule has 1 unspecified atom stereocenters. The van der Waals surface area contributed by atoms with Crippen LogP contribution in [-0.2, 0) is 9.59 Å². The average Bonchev–Trinajstić information content (AvgIpc) is 2.77. The Labute approximate surface area is 119 Å². The number of carbonyl (C=O) groups is 2. The molecule has 1 amide bonds. The van der Waals surface area contributed by atoms with Crippen molar-refractivity contribution in [3.8, 4) is 0 Å². The summed E-state index contributed by atoms with van der Waals surface area (Å²) in [6.45, 7) is 10.7. The highest BCUT2D eigenvalue weighted by atomic mass is 16.4. The number of anilines is 1. The molecule has 1 fully saturated rings. The number of amides is 1. The molecule has 1 atom stereocenters. The maximum Gasteiger partial charge on any atom is 0.316 e. The van der Waals surface area contributed by atoms with E-state index in [1.807, 2.05) is 13.8 Å². The van der Waals surface area contributed by atoms with E-state index in [1.165, 1.54) is 16.7 Å². The predicted molar refractivity (Wildman–Crippen MR) is 78.2 cm³/mol. The molecule has 4 heteroatoms. The predicted octanol–water partition coefficient (Wildman–Crippen LogP) is 2.67. The Bertz CT molecular complexity index is 575. The van der Waals surface area contributed by atoms with Gasteiger partial charge >= 0.3 is 5.97 Å². The Morgan fingerprint density at radius 2 is 1.45 bits per heavy atom. The topological polar surface area (TPSA) is 57.6 Å². The van der Waals surface area contributed by atoms with Gasteiger partial charge in [-0.25, -0.2) is 0 Å². The first-order valence-electron chi connectivity index (χ1n) is 6.88. The van der Waals surface area contributed by atoms with Gasteiger partial charge in [0.15, 0.2) is 0 Å². The molecule has 0 spiro atoms. The molecule has 0 bridgehead atoms. The fraction of sp³-hybridized carbons (Fsp3) is 0.500. The lowest BCUT2D eigenvalue weighted by Gasteiger charge is -2.25. The minimum absolute atomic E-state index is 0.286. The Kier molecular flexibility index (Phi) is 3.59. The summed E-state index contributed by atoms with van der Waals surface area (Å²) in [6.07, 6.45) is 0.388. The second-order valence-corrected chi connectivity index (χ2v) is 5.64. The monoisotopic (exact) mass is 275 g/mol. The van der Waals surface area contributed by atoms with Gasteiger partial charge in [-0.2, -0.15) is 0 Å². The third-order valence-corrected chi connectivity index (χ3v) is 4.73. The fourth-order valence-corrected chi connectivity index (χ4v) is 3.02. The van der Waals surface area contributed by atoms with Crippen LogP contribution in [0.2, 0.25) is 0 Å². The Morgan fingerprint density at radius 3 is 1.85 bits per heavy atom. The second kappa shape index (κ2) is 4.93. The maximum absolute atomic E-state index is 12.3. The number of carbonyl (C=O) groups excluding carboxylic acids is 1. The van der Waals surface area contributed by atoms with Crippen LogP contribution in [0.15, 0.2) is 0 Å². The molecule has 20 heavy (non-hydrogen) atoms. The van der Waals surface area contributed by atoms with Gasteiger partial charge in [-0.05, 0) is 68.9 Å². The van der Waals surface area contributed by atoms with Crippen LogP contribution in [0.1, 0.15) is 34.2 Å². The van der Waals surface area contributed by atoms with E-state index in [2.05, 4.69) is 20.8 Å². The van der Waals surface area contributed by atoms with Crippen LogP contribution in [0.4, 0.5) is 5.69 Å². The highest BCUT2D eigenvalue weighted by molar-refractivity contribution is 6.08. The number of nitrogens with zero attached hydrogens (tertiary/aromatic N) is 1. The first kappa shape index (κ1) is 14.6. The smallest absolute Gasteiger partial charge is 0.316 e. The molecule has 1 aromatic rings. The van der Waals surface area contributed by atoms with E-state index in [1.54, 1.807) is 4.90 Å². The molecule has 0 aromatic heterocycles. The van der Waals surface area contributed by atoms with Crippen LogP contribution >= 0.6 is 0 Å². The highest BCUT2D eigenvalue weighted by Gasteiger charge is 2.39. The highest BCUT2D eigenvalue weighted by Crippen LogP contribution is 2.36. The summed E-state index contributed by atoms with van der Waals surface area (Å²) in [5.41, 5.74) is 6.64. The number of carboxylic acids is 1. The van der Waals surface area contributed by atoms with Crippen molar-refractivity contribution in [1.29, 1.82) is 0 Å². The molecule has 1 saturated heterocycles. The molecular formula is C16H21NO3. The van der Waals surface area contributed by atoms with Gasteiger partial charge in [0.2, 0.25) is 5.91 Å². The van der Waals surface area contributed by atoms with E-state index in [0.717, 1.165) is 16.8 Å². The van der Waals surface area contributed by atoms with Gasteiger partial charge in [-0.1, -0.05) is 0 Å². The van der Waals surface area contributed by atoms with E-state index in [0.29, 0.717) is 13.0 Å². The van der Waals surface area contributed by atoms with Crippen molar-refractivity contribution in [3.63, 3.8) is 0 Å². The first-order valence-corrected chi connectivity index (χ1v) is 6.88. The van der Waals surface area contributed by atoms with Gasteiger partial charge in [0.1, 0.15) is 5.92 Å². The zero-order chi connectivity index (χ0) is 15.2. The van der Waals surface area contributed by atoms with E-state index in [9.17, 15) is 9.59 Å². The summed E-state index contributed by atoms with van der Waals surface area (Å²) in [6, 6.07) is 0. The number of aliphatic carboxylic acids is 1. The second-order valence-electron chi connectivity index (χ2n) is 5.64. The van der Waals surface area contributed by atoms with Crippen molar-refractivity contribution in [2.45, 2.75) is 41.0 Å². The average molecular weight is 275 g/mol. The van der Waals surface area contributed by atoms with Gasteiger partial charge in [-0.15, -0.1) is 0 Å². The lowest BCUT2D eigenvalue weighted by atomic mass is 9.92. The van der Waals surface area contributed by atoms with Crippen LogP contribution < -0.4 is 4.90 Å². The number of rotatable bonds is 2. The normalized spacial score (nSPS) is 18.8. The van der Waals surface area contributed by atoms with E-state index < -0.39 is 11.9 Å². The van der Waals surface area contributed by atoms with Crippen LogP contribution in [0.25, 0.3) is 0 Å². The van der Waals surface area contributed by atoms with Crippen molar-refractivity contribution in [2.75, 3.05) is 11.4 Å². The van der Waals surface area contributed by atoms with Gasteiger partial charge in [-0.3, -0.25) is 9.59 Å². The molecule has 108 valence electrons. The minimum Gasteiger partial charge on any atom is -0.481 e. The number of benzene rings is 1. The molecule has 0 radical (unpaired) electrons. The molecular weight excluding hydrogens is 254 g/mol. The summed E-state index contributed by atoms with van der Waals surface area (Å²) >= 11 is 0. The zero-order valence-electron chi connectivity index (χ0n) is 12.7. The number of carboxylic acid groups (broad SMARTS) is 1. The SMILES string of the molecule is Cc1c(C)c(C)c(N2CCC(C(=O)O)C2=O)c(C)c1C. The van der Waals surface area contributed by atoms with E-state index in [4.69, 9.17) is 5.11 Å². The van der Waals surface area contributed by atoms with Crippen LogP contribution in [0.5, 0.6) is 0 Å². The molecule has 1 aliphatic heterocycles. The van der Waals surface area contributed by atoms with Gasteiger partial charge < -0.3 is 10.0 Å². The third-order valence-electron chi connectivity index (χ3n) is 4.73. The Hall–Kier alpha value is -1.84. The van der Waals surface area contributed by atoms with Crippen molar-refractivity contribution in [1.82, 2.24) is 0 Å². The van der Waals surface area contributed by atoms with Crippen LogP contribution in [0, 0.1) is 40.5 Å². The summed E-state index contributed by atoms with van der Waals surface area (Å²) in [4.78, 5) is 25.1. The van der Waals surface area contributed by atoms with Crippen molar-refractivity contribution >= 4 is 17.6 Å². The zero-order valence-corrected chi connectivity index (χ0v) is 12.7. The summed E-state index contributed by atoms with van der Waals surface area (Å²) in [5.74, 6) is -2.20. The van der Waals surface area contributed by atoms with Crippen molar-refractivity contribution in [3.05, 3.63) is 27.8 Å². The summed E-state index contributed by atoms with van der Waals surface area (Å²) in [7, 11) is 0. The lowest BCUT2D eigenvalue weighted by Crippen LogP contribution is -2.31. The molecule has 0 aliphatic carbocycles. The molecule has 1 aromatic carbocycles. The first-order chi connectivity index (χ1) is 9.27. The van der Waals surface area contributed by atoms with E-state index >= 15 is 0 Å². The maximum atomic E-state index is 12.3. The molecule has 1 heterocycles. The number of hydrogen-bond acceptors (Lipinski definition) is 2. The quantitative estimate of drug-likeness (QED) is 0.844. The Balaban J connectivity index is 2.55. The largest absolute Gasteiger partial charge is 0.481 e. The van der Waals surface area contributed by atoms with Crippen LogP contribution in [0.3, 0.4) is 0 Å². The van der Waals surface area contributed by atoms with Crippen LogP contribution in [-0.4, -0.2) is 23.5 Å². The number of hydrogen-bond donors (Lipinski definition) is 1. The summed E-state index contributed by atoms with van der Waals surface area (Å²) < 4.78 is 0. The standard InChI is InChI=1S/C16H21NO3/c1-8-9(2)11(4)14(12(5)10(8)3)17-7-6-13(15(17)18)16(19)20/h13H,6-7H2,1-5H3,(H,19,20). The van der Waals surface area contributed by atoms with Gasteiger partial charge in [0.05, 0.1) is 0 Å². The van der Waals surface area contributed by atoms with E-state index in [-0.39, 0.29) is 5.91 Å². The fourth-order valence-electron chi connectivity index (χ4n) is 3.02. The molecule has 0 saturated carbocycles.